The maximum absolute atomic E-state index is 12.9. The van der Waals surface area contributed by atoms with E-state index in [-0.39, 0.29) is 16.3 Å². The quantitative estimate of drug-likeness (QED) is 0.311. The summed E-state index contributed by atoms with van der Waals surface area (Å²) in [5.74, 6) is 2.20. The Morgan fingerprint density at radius 3 is 2.37 bits per heavy atom. The number of ether oxygens (including phenoxy) is 2. The van der Waals surface area contributed by atoms with Crippen molar-refractivity contribution in [2.24, 2.45) is 17.8 Å². The molecule has 158 valence electrons. The van der Waals surface area contributed by atoms with Crippen LogP contribution in [0, 0.1) is 30.1 Å². The van der Waals surface area contributed by atoms with Gasteiger partial charge in [-0.15, -0.1) is 6.42 Å². The van der Waals surface area contributed by atoms with Crippen LogP contribution in [0.2, 0.25) is 5.02 Å². The molecule has 0 amide bonds. The van der Waals surface area contributed by atoms with Crippen molar-refractivity contribution in [3.05, 3.63) is 63.7 Å². The zero-order chi connectivity index (χ0) is 22.3. The van der Waals surface area contributed by atoms with Crippen LogP contribution in [0.1, 0.15) is 32.6 Å². The van der Waals surface area contributed by atoms with Crippen molar-refractivity contribution in [2.45, 2.75) is 26.9 Å². The van der Waals surface area contributed by atoms with Crippen LogP contribution in [0.15, 0.2) is 53.0 Å². The van der Waals surface area contributed by atoms with Gasteiger partial charge in [0.05, 0.1) is 11.6 Å². The summed E-state index contributed by atoms with van der Waals surface area (Å²) in [5.41, 5.74) is 0.387. The van der Waals surface area contributed by atoms with Crippen molar-refractivity contribution in [2.75, 3.05) is 0 Å². The van der Waals surface area contributed by atoms with Crippen LogP contribution >= 0.6 is 34.8 Å². The van der Waals surface area contributed by atoms with E-state index in [1.54, 1.807) is 48.5 Å². The number of hydrogen-bond donors (Lipinski definition) is 0. The molecule has 2 rings (SSSR count). The monoisotopic (exact) mass is 465 g/mol. The molecular weight excluding hydrogens is 445 g/mol. The fourth-order valence-electron chi connectivity index (χ4n) is 3.03. The van der Waals surface area contributed by atoms with Gasteiger partial charge in [0.1, 0.15) is 10.2 Å². The lowest BCUT2D eigenvalue weighted by Gasteiger charge is -2.25. The molecule has 1 aromatic carbocycles. The first kappa shape index (κ1) is 24.1. The van der Waals surface area contributed by atoms with Crippen molar-refractivity contribution in [1.82, 2.24) is 4.98 Å². The number of esters is 1. The Morgan fingerprint density at radius 2 is 1.80 bits per heavy atom. The van der Waals surface area contributed by atoms with Crippen LogP contribution in [0.4, 0.5) is 0 Å². The first-order valence-corrected chi connectivity index (χ1v) is 10.4. The van der Waals surface area contributed by atoms with E-state index in [4.69, 9.17) is 50.7 Å². The smallest absolute Gasteiger partial charge is 0.311 e. The van der Waals surface area contributed by atoms with Gasteiger partial charge in [-0.25, -0.2) is 4.98 Å². The van der Waals surface area contributed by atoms with Gasteiger partial charge in [0, 0.05) is 11.1 Å². The third kappa shape index (κ3) is 6.95. The molecule has 0 aliphatic rings. The maximum atomic E-state index is 12.9. The fourth-order valence-corrected chi connectivity index (χ4v) is 3.55. The first-order chi connectivity index (χ1) is 14.2. The van der Waals surface area contributed by atoms with Gasteiger partial charge in [0.2, 0.25) is 12.0 Å². The van der Waals surface area contributed by atoms with Gasteiger partial charge in [0.15, 0.2) is 0 Å². The Hall–Kier alpha value is -2.19. The van der Waals surface area contributed by atoms with E-state index in [1.807, 2.05) is 20.8 Å². The van der Waals surface area contributed by atoms with E-state index in [9.17, 15) is 4.79 Å². The topological polar surface area (TPSA) is 48.4 Å². The summed E-state index contributed by atoms with van der Waals surface area (Å²) in [7, 11) is 0. The van der Waals surface area contributed by atoms with E-state index >= 15 is 0 Å². The van der Waals surface area contributed by atoms with Crippen molar-refractivity contribution >= 4 is 40.8 Å². The minimum absolute atomic E-state index is 0.0117. The number of nitrogens with zero attached hydrogens (tertiary/aromatic N) is 1. The highest BCUT2D eigenvalue weighted by molar-refractivity contribution is 6.55. The molecule has 0 saturated heterocycles. The molecule has 0 saturated carbocycles. The number of terminal acetylenes is 1. The largest absolute Gasteiger partial charge is 0.442 e. The van der Waals surface area contributed by atoms with E-state index < -0.39 is 18.0 Å². The van der Waals surface area contributed by atoms with Gasteiger partial charge in [-0.1, -0.05) is 73.6 Å². The Labute approximate surface area is 192 Å². The fraction of sp³-hybridized carbons (Fsp3) is 0.304. The molecule has 0 spiro atoms. The van der Waals surface area contributed by atoms with E-state index in [0.29, 0.717) is 22.3 Å². The Morgan fingerprint density at radius 1 is 1.13 bits per heavy atom. The van der Waals surface area contributed by atoms with Gasteiger partial charge >= 0.3 is 5.97 Å². The predicted octanol–water partition coefficient (Wildman–Crippen LogP) is 6.97. The number of carbonyl (C=O) groups excluding carboxylic acids is 1. The maximum Gasteiger partial charge on any atom is 0.311 e. The van der Waals surface area contributed by atoms with Gasteiger partial charge in [0.25, 0.3) is 0 Å². The summed E-state index contributed by atoms with van der Waals surface area (Å²) in [6.45, 7) is 5.69. The lowest BCUT2D eigenvalue weighted by Crippen LogP contribution is -2.29. The van der Waals surface area contributed by atoms with E-state index in [0.717, 1.165) is 0 Å². The minimum atomic E-state index is -0.963. The summed E-state index contributed by atoms with van der Waals surface area (Å²) in [6, 6.07) is 11.9. The number of carbonyl (C=O) groups is 1. The average Bonchev–Trinajstić information content (AvgIpc) is 2.67. The number of pyridine rings is 1. The predicted molar refractivity (Wildman–Crippen MR) is 121 cm³/mol. The van der Waals surface area contributed by atoms with E-state index in [2.05, 4.69) is 10.9 Å². The van der Waals surface area contributed by atoms with Gasteiger partial charge in [-0.05, 0) is 42.2 Å². The molecule has 3 atom stereocenters. The molecule has 3 unspecified atom stereocenters. The molecule has 1 heterocycles. The Bertz CT molecular complexity index is 931. The zero-order valence-corrected chi connectivity index (χ0v) is 19.1. The molecule has 0 fully saturated rings. The standard InChI is InChI=1S/C23H22Cl3NO3/c1-5-19(30-23(28)22(14(2)3)15(4)13-20(25)26)18-7-6-8-21(27-18)29-17-11-9-16(24)10-12-17/h1,6-15,19,22H,2-4H3. The second-order valence-electron chi connectivity index (χ2n) is 7.03. The van der Waals surface area contributed by atoms with Crippen LogP contribution in [0.25, 0.3) is 0 Å². The number of allylic oxidation sites excluding steroid dienone is 1. The number of rotatable bonds is 8. The van der Waals surface area contributed by atoms with Crippen molar-refractivity contribution in [3.8, 4) is 24.0 Å². The highest BCUT2D eigenvalue weighted by Crippen LogP contribution is 2.29. The summed E-state index contributed by atoms with van der Waals surface area (Å²) >= 11 is 17.4. The SMILES string of the molecule is C#CC(OC(=O)C(C(C)C)C(C)C=C(Cl)Cl)c1cccc(Oc2ccc(Cl)cc2)n1. The van der Waals surface area contributed by atoms with Crippen LogP contribution in [-0.4, -0.2) is 11.0 Å². The summed E-state index contributed by atoms with van der Waals surface area (Å²) in [5, 5.41) is 0.600. The summed E-state index contributed by atoms with van der Waals surface area (Å²) < 4.78 is 11.4. The molecule has 0 aliphatic carbocycles. The lowest BCUT2D eigenvalue weighted by atomic mass is 9.84. The Balaban J connectivity index is 2.18. The zero-order valence-electron chi connectivity index (χ0n) is 16.8. The average molecular weight is 467 g/mol. The number of halogens is 3. The third-order valence-electron chi connectivity index (χ3n) is 4.38. The van der Waals surface area contributed by atoms with Crippen LogP contribution < -0.4 is 4.74 Å². The van der Waals surface area contributed by atoms with Crippen molar-refractivity contribution in [3.63, 3.8) is 0 Å². The molecule has 4 nitrogen and oxygen atoms in total. The molecule has 0 bridgehead atoms. The van der Waals surface area contributed by atoms with Crippen molar-refractivity contribution < 1.29 is 14.3 Å². The van der Waals surface area contributed by atoms with Gasteiger partial charge in [-0.3, -0.25) is 4.79 Å². The molecule has 30 heavy (non-hydrogen) atoms. The molecule has 7 heteroatoms. The molecule has 0 N–H and O–H groups in total. The number of benzene rings is 1. The first-order valence-electron chi connectivity index (χ1n) is 9.31. The molecular formula is C23H22Cl3NO3. The van der Waals surface area contributed by atoms with Crippen molar-refractivity contribution in [1.29, 1.82) is 0 Å². The summed E-state index contributed by atoms with van der Waals surface area (Å²) in [6.07, 6.45) is 6.28. The molecule has 1 aromatic heterocycles. The Kier molecular flexibility index (Phi) is 9.05. The van der Waals surface area contributed by atoms with Crippen LogP contribution in [-0.2, 0) is 9.53 Å². The van der Waals surface area contributed by atoms with Gasteiger partial charge < -0.3 is 9.47 Å². The molecule has 0 radical (unpaired) electrons. The highest BCUT2D eigenvalue weighted by Gasteiger charge is 2.31. The lowest BCUT2D eigenvalue weighted by molar-refractivity contribution is -0.155. The second kappa shape index (κ2) is 11.3. The third-order valence-corrected chi connectivity index (χ3v) is 4.88. The van der Waals surface area contributed by atoms with Crippen LogP contribution in [0.3, 0.4) is 0 Å². The van der Waals surface area contributed by atoms with Crippen LogP contribution in [0.5, 0.6) is 11.6 Å². The van der Waals surface area contributed by atoms with E-state index in [1.165, 1.54) is 0 Å². The number of aromatic nitrogens is 1. The van der Waals surface area contributed by atoms with Gasteiger partial charge in [-0.2, -0.15) is 0 Å². The summed E-state index contributed by atoms with van der Waals surface area (Å²) in [4.78, 5) is 17.2. The highest BCUT2D eigenvalue weighted by atomic mass is 35.5. The normalized spacial score (nSPS) is 13.7. The molecule has 2 aromatic rings. The number of hydrogen-bond acceptors (Lipinski definition) is 4. The molecule has 0 aliphatic heterocycles. The second-order valence-corrected chi connectivity index (χ2v) is 8.47. The minimum Gasteiger partial charge on any atom is -0.442 e.